The van der Waals surface area contributed by atoms with Crippen LogP contribution in [-0.4, -0.2) is 31.4 Å². The van der Waals surface area contributed by atoms with E-state index < -0.39 is 0 Å². The van der Waals surface area contributed by atoms with Crippen molar-refractivity contribution in [1.29, 1.82) is 0 Å². The molecule has 0 aromatic carbocycles. The second kappa shape index (κ2) is 7.39. The molecule has 0 atom stereocenters. The second-order valence-corrected chi connectivity index (χ2v) is 5.99. The maximum absolute atomic E-state index is 6.06. The fourth-order valence-corrected chi connectivity index (χ4v) is 2.22. The van der Waals surface area contributed by atoms with E-state index in [1.807, 2.05) is 26.8 Å². The Kier molecular flexibility index (Phi) is 5.03. The van der Waals surface area contributed by atoms with Gasteiger partial charge in [0.25, 0.3) is 0 Å². The van der Waals surface area contributed by atoms with Crippen LogP contribution in [0.1, 0.15) is 25.3 Å². The number of H-pyrrole nitrogens is 1. The summed E-state index contributed by atoms with van der Waals surface area (Å²) in [5.41, 5.74) is 0.810. The van der Waals surface area contributed by atoms with Gasteiger partial charge < -0.3 is 19.9 Å². The molecule has 132 valence electrons. The largest absolute Gasteiger partial charge is 0.474 e. The monoisotopic (exact) mass is 363 g/mol. The van der Waals surface area contributed by atoms with Crippen molar-refractivity contribution < 1.29 is 9.26 Å². The molecule has 0 saturated carbocycles. The third-order valence-electron chi connectivity index (χ3n) is 2.97. The molecule has 0 unspecified atom stereocenters. The van der Waals surface area contributed by atoms with Crippen LogP contribution in [0, 0.1) is 6.92 Å². The van der Waals surface area contributed by atoms with Crippen LogP contribution in [-0.2, 0) is 6.54 Å². The zero-order valence-electron chi connectivity index (χ0n) is 14.0. The average molecular weight is 364 g/mol. The molecule has 3 aromatic heterocycles. The molecule has 3 aromatic rings. The molecule has 0 aliphatic carbocycles. The molecule has 10 heteroatoms. The van der Waals surface area contributed by atoms with Crippen molar-refractivity contribution in [3.05, 3.63) is 34.8 Å². The van der Waals surface area contributed by atoms with Crippen molar-refractivity contribution in [1.82, 2.24) is 25.3 Å². The van der Waals surface area contributed by atoms with Gasteiger partial charge >= 0.3 is 0 Å². The number of aromatic nitrogens is 5. The molecule has 3 rings (SSSR count). The summed E-state index contributed by atoms with van der Waals surface area (Å²) in [5.74, 6) is 2.68. The fraction of sp³-hybridized carbons (Fsp3) is 0.333. The first-order valence-corrected chi connectivity index (χ1v) is 8.05. The molecule has 0 aliphatic heterocycles. The van der Waals surface area contributed by atoms with Crippen molar-refractivity contribution in [2.24, 2.45) is 0 Å². The topological polar surface area (TPSA) is 114 Å². The minimum Gasteiger partial charge on any atom is -0.474 e. The Morgan fingerprint density at radius 2 is 2.12 bits per heavy atom. The van der Waals surface area contributed by atoms with Gasteiger partial charge in [0.2, 0.25) is 11.8 Å². The van der Waals surface area contributed by atoms with Gasteiger partial charge in [-0.2, -0.15) is 4.98 Å². The first kappa shape index (κ1) is 17.0. The Bertz CT molecular complexity index is 846. The fourth-order valence-electron chi connectivity index (χ4n) is 2.03. The summed E-state index contributed by atoms with van der Waals surface area (Å²) >= 11 is 6.06. The summed E-state index contributed by atoms with van der Waals surface area (Å²) < 4.78 is 10.6. The highest BCUT2D eigenvalue weighted by Crippen LogP contribution is 2.21. The second-order valence-electron chi connectivity index (χ2n) is 5.60. The SMILES string of the molecule is Cc1cc(CNc2nc(Cl)cc(Nc3cc(OC(C)C)n[nH]3)n2)on1. The highest BCUT2D eigenvalue weighted by Gasteiger charge is 2.08. The molecule has 0 fully saturated rings. The van der Waals surface area contributed by atoms with Gasteiger partial charge in [-0.25, -0.2) is 4.98 Å². The Labute approximate surface area is 149 Å². The van der Waals surface area contributed by atoms with Crippen LogP contribution >= 0.6 is 11.6 Å². The maximum Gasteiger partial charge on any atom is 0.234 e. The molecule has 0 radical (unpaired) electrons. The lowest BCUT2D eigenvalue weighted by molar-refractivity contribution is 0.232. The average Bonchev–Trinajstić information content (AvgIpc) is 3.13. The smallest absolute Gasteiger partial charge is 0.234 e. The molecule has 0 spiro atoms. The van der Waals surface area contributed by atoms with E-state index in [2.05, 4.69) is 36.0 Å². The Morgan fingerprint density at radius 1 is 1.28 bits per heavy atom. The third-order valence-corrected chi connectivity index (χ3v) is 3.16. The molecule has 0 amide bonds. The predicted molar refractivity (Wildman–Crippen MR) is 93.2 cm³/mol. The van der Waals surface area contributed by atoms with Crippen LogP contribution in [0.25, 0.3) is 0 Å². The van der Waals surface area contributed by atoms with E-state index in [9.17, 15) is 0 Å². The normalized spacial score (nSPS) is 10.9. The molecular formula is C15H18ClN7O2. The number of nitrogens with zero attached hydrogens (tertiary/aromatic N) is 4. The van der Waals surface area contributed by atoms with E-state index in [4.69, 9.17) is 20.9 Å². The maximum atomic E-state index is 6.06. The van der Waals surface area contributed by atoms with E-state index in [0.717, 1.165) is 5.69 Å². The minimum atomic E-state index is 0.0418. The number of rotatable bonds is 7. The highest BCUT2D eigenvalue weighted by molar-refractivity contribution is 6.29. The lowest BCUT2D eigenvalue weighted by atomic mass is 10.4. The number of anilines is 3. The van der Waals surface area contributed by atoms with Crippen LogP contribution in [0.3, 0.4) is 0 Å². The van der Waals surface area contributed by atoms with Gasteiger partial charge in [0, 0.05) is 18.2 Å². The summed E-state index contributed by atoms with van der Waals surface area (Å²) in [7, 11) is 0. The third kappa shape index (κ3) is 4.83. The summed E-state index contributed by atoms with van der Waals surface area (Å²) in [5, 5.41) is 17.1. The summed E-state index contributed by atoms with van der Waals surface area (Å²) in [6.45, 7) is 6.11. The van der Waals surface area contributed by atoms with Crippen molar-refractivity contribution in [2.45, 2.75) is 33.4 Å². The number of halogens is 1. The Morgan fingerprint density at radius 3 is 2.84 bits per heavy atom. The van der Waals surface area contributed by atoms with Gasteiger partial charge in [0.05, 0.1) is 18.3 Å². The molecule has 25 heavy (non-hydrogen) atoms. The van der Waals surface area contributed by atoms with Crippen LogP contribution in [0.5, 0.6) is 5.88 Å². The number of nitrogens with one attached hydrogen (secondary N) is 3. The molecule has 3 heterocycles. The van der Waals surface area contributed by atoms with E-state index in [1.165, 1.54) is 0 Å². The van der Waals surface area contributed by atoms with Crippen molar-refractivity contribution in [2.75, 3.05) is 10.6 Å². The Hall–Kier alpha value is -2.81. The molecule has 0 aliphatic rings. The van der Waals surface area contributed by atoms with E-state index in [0.29, 0.717) is 40.9 Å². The first-order valence-electron chi connectivity index (χ1n) is 7.67. The van der Waals surface area contributed by atoms with Gasteiger partial charge in [-0.15, -0.1) is 5.10 Å². The summed E-state index contributed by atoms with van der Waals surface area (Å²) in [6.07, 6.45) is 0.0418. The van der Waals surface area contributed by atoms with Gasteiger partial charge in [-0.1, -0.05) is 16.8 Å². The molecule has 0 saturated heterocycles. The molecule has 0 bridgehead atoms. The molecular weight excluding hydrogens is 346 g/mol. The van der Waals surface area contributed by atoms with Gasteiger partial charge in [-0.05, 0) is 20.8 Å². The lowest BCUT2D eigenvalue weighted by Gasteiger charge is -2.07. The van der Waals surface area contributed by atoms with E-state index >= 15 is 0 Å². The summed E-state index contributed by atoms with van der Waals surface area (Å²) in [6, 6.07) is 5.17. The van der Waals surface area contributed by atoms with Gasteiger partial charge in [0.1, 0.15) is 16.8 Å². The number of hydrogen-bond donors (Lipinski definition) is 3. The van der Waals surface area contributed by atoms with Gasteiger partial charge in [0.15, 0.2) is 5.76 Å². The van der Waals surface area contributed by atoms with Crippen molar-refractivity contribution in [3.8, 4) is 5.88 Å². The van der Waals surface area contributed by atoms with Crippen LogP contribution in [0.15, 0.2) is 22.7 Å². The molecule has 3 N–H and O–H groups in total. The van der Waals surface area contributed by atoms with Crippen LogP contribution in [0.4, 0.5) is 17.6 Å². The van der Waals surface area contributed by atoms with Gasteiger partial charge in [-0.3, -0.25) is 5.10 Å². The number of ether oxygens (including phenoxy) is 1. The summed E-state index contributed by atoms with van der Waals surface area (Å²) in [4.78, 5) is 8.49. The minimum absolute atomic E-state index is 0.0418. The number of hydrogen-bond acceptors (Lipinski definition) is 8. The predicted octanol–water partition coefficient (Wildman–Crippen LogP) is 3.29. The first-order chi connectivity index (χ1) is 12.0. The molecule has 9 nitrogen and oxygen atoms in total. The van der Waals surface area contributed by atoms with E-state index in [1.54, 1.807) is 12.1 Å². The zero-order chi connectivity index (χ0) is 17.8. The van der Waals surface area contributed by atoms with Crippen molar-refractivity contribution >= 4 is 29.2 Å². The van der Waals surface area contributed by atoms with E-state index in [-0.39, 0.29) is 6.10 Å². The Balaban J connectivity index is 1.67. The zero-order valence-corrected chi connectivity index (χ0v) is 14.8. The standard InChI is InChI=1S/C15H18ClN7O2/c1-8(2)24-14-6-13(21-22-14)19-12-5-11(16)18-15(20-12)17-7-10-4-9(3)23-25-10/h4-6,8H,7H2,1-3H3,(H3,17,18,19,20,21,22). The quantitative estimate of drug-likeness (QED) is 0.548. The van der Waals surface area contributed by atoms with Crippen LogP contribution in [0.2, 0.25) is 5.15 Å². The van der Waals surface area contributed by atoms with Crippen molar-refractivity contribution in [3.63, 3.8) is 0 Å². The number of aromatic amines is 1. The number of aryl methyl sites for hydroxylation is 1. The lowest BCUT2D eigenvalue weighted by Crippen LogP contribution is -2.05. The van der Waals surface area contributed by atoms with Crippen LogP contribution < -0.4 is 15.4 Å². The highest BCUT2D eigenvalue weighted by atomic mass is 35.5.